The molecule has 188 valence electrons. The van der Waals surface area contributed by atoms with Crippen LogP contribution >= 0.6 is 0 Å². The molecule has 2 aromatic heterocycles. The second kappa shape index (κ2) is 10.1. The fraction of sp³-hybridized carbons (Fsp3) is 0.333. The Morgan fingerprint density at radius 1 is 1.44 bits per heavy atom. The number of anilines is 1. The van der Waals surface area contributed by atoms with Crippen LogP contribution < -0.4 is 11.1 Å². The molecule has 1 aliphatic heterocycles. The van der Waals surface area contributed by atoms with Gasteiger partial charge in [-0.1, -0.05) is 12.1 Å². The van der Waals surface area contributed by atoms with Crippen LogP contribution in [0.25, 0.3) is 11.1 Å². The number of ether oxygens (including phenoxy) is 1. The van der Waals surface area contributed by atoms with E-state index in [1.807, 2.05) is 17.0 Å². The number of hydrogen-bond acceptors (Lipinski definition) is 8. The van der Waals surface area contributed by atoms with E-state index in [1.165, 1.54) is 23.4 Å². The average molecular weight is 496 g/mol. The number of methoxy groups -OCH3 is 1. The molecule has 0 bridgehead atoms. The number of amides is 2. The number of halogens is 1. The van der Waals surface area contributed by atoms with Crippen molar-refractivity contribution in [2.75, 3.05) is 25.5 Å². The van der Waals surface area contributed by atoms with E-state index in [4.69, 9.17) is 10.2 Å². The molecule has 1 fully saturated rings. The Bertz CT molecular complexity index is 1300. The Hall–Kier alpha value is -4.37. The molecule has 4 rings (SSSR count). The maximum absolute atomic E-state index is 15.8. The summed E-state index contributed by atoms with van der Waals surface area (Å²) in [5, 5.41) is 26.4. The van der Waals surface area contributed by atoms with E-state index in [-0.39, 0.29) is 36.5 Å². The minimum absolute atomic E-state index is 0.0164. The van der Waals surface area contributed by atoms with Gasteiger partial charge in [-0.2, -0.15) is 10.4 Å². The molecule has 11 nitrogen and oxygen atoms in total. The number of primary amides is 1. The van der Waals surface area contributed by atoms with Crippen LogP contribution in [0, 0.1) is 11.3 Å². The van der Waals surface area contributed by atoms with Gasteiger partial charge < -0.3 is 20.0 Å². The number of carbonyl (C=O) groups is 2. The Kier molecular flexibility index (Phi) is 6.93. The number of nitrogens with two attached hydrogens (primary N) is 1. The molecular formula is C24H25FN6O5. The number of nitrogens with zero attached hydrogens (tertiary/aromatic N) is 4. The summed E-state index contributed by atoms with van der Waals surface area (Å²) in [4.78, 5) is 25.4. The third-order valence-electron chi connectivity index (χ3n) is 6.39. The number of rotatable bonds is 7. The van der Waals surface area contributed by atoms with Crippen LogP contribution in [0.4, 0.5) is 15.0 Å². The number of hydrogen-bond donors (Lipinski definition) is 3. The normalized spacial score (nSPS) is 20.0. The van der Waals surface area contributed by atoms with Crippen molar-refractivity contribution in [1.29, 1.82) is 5.26 Å². The third-order valence-corrected chi connectivity index (χ3v) is 6.39. The second-order valence-corrected chi connectivity index (χ2v) is 8.57. The minimum atomic E-state index is -1.53. The van der Waals surface area contributed by atoms with Gasteiger partial charge in [-0.3, -0.25) is 19.7 Å². The van der Waals surface area contributed by atoms with Gasteiger partial charge in [-0.25, -0.2) is 9.18 Å². The fourth-order valence-electron chi connectivity index (χ4n) is 4.43. The fourth-order valence-corrected chi connectivity index (χ4v) is 4.43. The Morgan fingerprint density at radius 3 is 2.86 bits per heavy atom. The summed E-state index contributed by atoms with van der Waals surface area (Å²) >= 11 is 0. The van der Waals surface area contributed by atoms with Crippen molar-refractivity contribution in [3.63, 3.8) is 0 Å². The molecule has 2 amide bonds. The van der Waals surface area contributed by atoms with Gasteiger partial charge in [-0.15, -0.1) is 0 Å². The number of alkyl halides is 1. The second-order valence-electron chi connectivity index (χ2n) is 8.57. The van der Waals surface area contributed by atoms with Crippen LogP contribution in [0.3, 0.4) is 0 Å². The lowest BCUT2D eigenvalue weighted by molar-refractivity contribution is 0.00693. The predicted octanol–water partition coefficient (Wildman–Crippen LogP) is 2.98. The van der Waals surface area contributed by atoms with Gasteiger partial charge in [0.2, 0.25) is 0 Å². The average Bonchev–Trinajstić information content (AvgIpc) is 3.52. The van der Waals surface area contributed by atoms with Gasteiger partial charge in [-0.05, 0) is 24.1 Å². The topological polar surface area (TPSA) is 160 Å². The maximum atomic E-state index is 15.8. The molecule has 0 spiro atoms. The molecule has 36 heavy (non-hydrogen) atoms. The summed E-state index contributed by atoms with van der Waals surface area (Å²) in [6.45, 7) is 0.776. The summed E-state index contributed by atoms with van der Waals surface area (Å²) in [5.74, 6) is -0.955. The van der Waals surface area contributed by atoms with Crippen LogP contribution in [0.5, 0.6) is 5.75 Å². The van der Waals surface area contributed by atoms with Gasteiger partial charge >= 0.3 is 6.09 Å². The van der Waals surface area contributed by atoms with E-state index in [0.29, 0.717) is 18.7 Å². The number of benzene rings is 1. The van der Waals surface area contributed by atoms with Crippen LogP contribution in [-0.2, 0) is 16.8 Å². The van der Waals surface area contributed by atoms with Crippen molar-refractivity contribution in [3.8, 4) is 22.9 Å². The van der Waals surface area contributed by atoms with Crippen molar-refractivity contribution in [2.24, 2.45) is 5.73 Å². The largest absolute Gasteiger partial charge is 0.507 e. The monoisotopic (exact) mass is 496 g/mol. The Balaban J connectivity index is 1.54. The first-order valence-electron chi connectivity index (χ1n) is 11.1. The highest BCUT2D eigenvalue weighted by Crippen LogP contribution is 2.38. The number of phenolic OH excluding ortho intramolecular Hbond substituents is 1. The first kappa shape index (κ1) is 24.7. The zero-order valence-electron chi connectivity index (χ0n) is 19.5. The number of carbonyl (C=O) groups excluding carboxylic acids is 2. The molecule has 1 aliphatic rings. The molecule has 0 aliphatic carbocycles. The highest BCUT2D eigenvalue weighted by Gasteiger charge is 2.46. The number of aromatic hydroxyl groups is 1. The van der Waals surface area contributed by atoms with Gasteiger partial charge in [0.15, 0.2) is 5.82 Å². The molecule has 0 saturated carbocycles. The lowest BCUT2D eigenvalue weighted by Gasteiger charge is -2.43. The van der Waals surface area contributed by atoms with Crippen LogP contribution in [0.1, 0.15) is 28.8 Å². The van der Waals surface area contributed by atoms with E-state index in [2.05, 4.69) is 15.2 Å². The lowest BCUT2D eigenvalue weighted by atomic mass is 9.83. The number of likely N-dealkylation sites (tertiary alicyclic amines) is 1. The number of nitrogens with one attached hydrogen (secondary N) is 1. The summed E-state index contributed by atoms with van der Waals surface area (Å²) in [6, 6.07) is 9.02. The molecule has 1 saturated heterocycles. The van der Waals surface area contributed by atoms with E-state index in [1.54, 1.807) is 18.2 Å². The lowest BCUT2D eigenvalue weighted by Crippen LogP contribution is -2.54. The molecular weight excluding hydrogens is 471 g/mol. The zero-order chi connectivity index (χ0) is 25.9. The van der Waals surface area contributed by atoms with E-state index in [0.717, 1.165) is 18.2 Å². The van der Waals surface area contributed by atoms with Crippen LogP contribution in [-0.4, -0.2) is 58.2 Å². The SMILES string of the molecule is COC(=O)Nc1nn(C2(CC#N)CCN(Cc3ccc(-c4ccoc4)c(O)c3)CC2F)cc1C(N)=O. The first-order chi connectivity index (χ1) is 17.3. The smallest absolute Gasteiger partial charge is 0.412 e. The summed E-state index contributed by atoms with van der Waals surface area (Å²) < 4.78 is 26.6. The number of piperidine rings is 1. The van der Waals surface area contributed by atoms with E-state index < -0.39 is 23.7 Å². The van der Waals surface area contributed by atoms with Gasteiger partial charge in [0.25, 0.3) is 5.91 Å². The molecule has 1 aromatic carbocycles. The number of furan rings is 1. The molecule has 12 heteroatoms. The number of phenols is 1. The highest BCUT2D eigenvalue weighted by atomic mass is 19.1. The third kappa shape index (κ3) is 4.73. The summed E-state index contributed by atoms with van der Waals surface area (Å²) in [5.41, 5.74) is 6.09. The quantitative estimate of drug-likeness (QED) is 0.450. The molecule has 2 unspecified atom stereocenters. The minimum Gasteiger partial charge on any atom is -0.507 e. The number of aromatic nitrogens is 2. The predicted molar refractivity (Wildman–Crippen MR) is 126 cm³/mol. The van der Waals surface area contributed by atoms with Crippen molar-refractivity contribution < 1.29 is 28.2 Å². The van der Waals surface area contributed by atoms with Crippen molar-refractivity contribution in [1.82, 2.24) is 14.7 Å². The summed E-state index contributed by atoms with van der Waals surface area (Å²) in [7, 11) is 1.14. The number of nitriles is 1. The van der Waals surface area contributed by atoms with Crippen molar-refractivity contribution in [3.05, 3.63) is 54.1 Å². The molecule has 3 aromatic rings. The molecule has 2 atom stereocenters. The van der Waals surface area contributed by atoms with Crippen molar-refractivity contribution >= 4 is 17.8 Å². The van der Waals surface area contributed by atoms with E-state index >= 15 is 4.39 Å². The van der Waals surface area contributed by atoms with Gasteiger partial charge in [0, 0.05) is 37.0 Å². The standard InChI is InChI=1S/C24H25FN6O5/c1-35-23(34)28-22-18(21(27)33)12-31(29-22)24(5-7-26)6-8-30(13-20(24)25)11-15-2-3-17(19(32)10-15)16-4-9-36-14-16/h2-4,9-10,12,14,20,32H,5-6,8,11,13H2,1H3,(H2,27,33)(H,28,29,34). The maximum Gasteiger partial charge on any atom is 0.412 e. The molecule has 3 heterocycles. The Labute approximate surface area is 205 Å². The van der Waals surface area contributed by atoms with Crippen LogP contribution in [0.15, 0.2) is 47.4 Å². The Morgan fingerprint density at radius 2 is 2.25 bits per heavy atom. The van der Waals surface area contributed by atoms with Gasteiger partial charge in [0.05, 0.1) is 32.1 Å². The highest BCUT2D eigenvalue weighted by molar-refractivity contribution is 6.00. The van der Waals surface area contributed by atoms with Crippen molar-refractivity contribution in [2.45, 2.75) is 31.1 Å². The van der Waals surface area contributed by atoms with Crippen LogP contribution in [0.2, 0.25) is 0 Å². The first-order valence-corrected chi connectivity index (χ1v) is 11.1. The van der Waals surface area contributed by atoms with Gasteiger partial charge in [0.1, 0.15) is 23.0 Å². The molecule has 0 radical (unpaired) electrons. The zero-order valence-corrected chi connectivity index (χ0v) is 19.5. The molecule has 4 N–H and O–H groups in total. The van der Waals surface area contributed by atoms with E-state index in [9.17, 15) is 20.0 Å². The summed E-state index contributed by atoms with van der Waals surface area (Å²) in [6.07, 6.45) is 1.90.